The topological polar surface area (TPSA) is 96.0 Å². The Morgan fingerprint density at radius 1 is 1.41 bits per heavy atom. The summed E-state index contributed by atoms with van der Waals surface area (Å²) in [6.45, 7) is 1.22. The molecule has 0 aromatic carbocycles. The third-order valence-electron chi connectivity index (χ3n) is 5.24. The van der Waals surface area contributed by atoms with Crippen LogP contribution < -0.4 is 5.32 Å². The predicted molar refractivity (Wildman–Crippen MR) is 101 cm³/mol. The SMILES string of the molecule is CNC(=O)c1cc(S(=O)(=O)N2CCC3(CC2)CC(CN(C)C)OC3=O)cs1. The molecule has 2 aliphatic heterocycles. The molecule has 8 nitrogen and oxygen atoms in total. The summed E-state index contributed by atoms with van der Waals surface area (Å²) in [5.74, 6) is -0.511. The summed E-state index contributed by atoms with van der Waals surface area (Å²) >= 11 is 1.10. The molecule has 1 aromatic heterocycles. The van der Waals surface area contributed by atoms with E-state index in [0.717, 1.165) is 11.3 Å². The van der Waals surface area contributed by atoms with Crippen molar-refractivity contribution in [3.8, 4) is 0 Å². The van der Waals surface area contributed by atoms with Crippen LogP contribution in [0.25, 0.3) is 0 Å². The molecule has 2 fully saturated rings. The second-order valence-corrected chi connectivity index (χ2v) is 10.3. The molecule has 3 rings (SSSR count). The monoisotopic (exact) mass is 415 g/mol. The Hall–Kier alpha value is -1.49. The fourth-order valence-corrected chi connectivity index (χ4v) is 6.40. The maximum Gasteiger partial charge on any atom is 0.312 e. The van der Waals surface area contributed by atoms with E-state index >= 15 is 0 Å². The molecule has 0 radical (unpaired) electrons. The summed E-state index contributed by atoms with van der Waals surface area (Å²) < 4.78 is 32.7. The van der Waals surface area contributed by atoms with Crippen LogP contribution in [0.1, 0.15) is 28.9 Å². The second-order valence-electron chi connectivity index (χ2n) is 7.40. The number of thiophene rings is 1. The lowest BCUT2D eigenvalue weighted by Crippen LogP contribution is -2.45. The smallest absolute Gasteiger partial charge is 0.312 e. The quantitative estimate of drug-likeness (QED) is 0.713. The summed E-state index contributed by atoms with van der Waals surface area (Å²) in [7, 11) is 1.69. The van der Waals surface area contributed by atoms with Gasteiger partial charge in [0.1, 0.15) is 6.10 Å². The van der Waals surface area contributed by atoms with E-state index in [1.807, 2.05) is 19.0 Å². The Morgan fingerprint density at radius 3 is 2.67 bits per heavy atom. The minimum absolute atomic E-state index is 0.126. The zero-order valence-corrected chi connectivity index (χ0v) is 17.4. The number of amides is 1. The Kier molecular flexibility index (Phi) is 5.62. The van der Waals surface area contributed by atoms with E-state index in [9.17, 15) is 18.0 Å². The molecule has 1 aromatic rings. The highest BCUT2D eigenvalue weighted by atomic mass is 32.2. The average molecular weight is 416 g/mol. The minimum Gasteiger partial charge on any atom is -0.461 e. The van der Waals surface area contributed by atoms with Crippen LogP contribution in [-0.4, -0.2) is 76.4 Å². The molecule has 0 aliphatic carbocycles. The molecule has 0 bridgehead atoms. The average Bonchev–Trinajstić information content (AvgIpc) is 3.21. The van der Waals surface area contributed by atoms with Gasteiger partial charge in [-0.1, -0.05) is 0 Å². The van der Waals surface area contributed by atoms with Gasteiger partial charge in [0.15, 0.2) is 0 Å². The molecule has 1 atom stereocenters. The molecule has 1 unspecified atom stereocenters. The predicted octanol–water partition coefficient (Wildman–Crippen LogP) is 0.756. The normalized spacial score (nSPS) is 23.0. The molecule has 27 heavy (non-hydrogen) atoms. The highest BCUT2D eigenvalue weighted by molar-refractivity contribution is 7.89. The first-order valence-electron chi connectivity index (χ1n) is 8.84. The van der Waals surface area contributed by atoms with Crippen molar-refractivity contribution in [3.05, 3.63) is 16.3 Å². The van der Waals surface area contributed by atoms with Gasteiger partial charge in [-0.3, -0.25) is 9.59 Å². The first kappa shape index (κ1) is 20.2. The van der Waals surface area contributed by atoms with Crippen molar-refractivity contribution in [1.82, 2.24) is 14.5 Å². The molecule has 10 heteroatoms. The van der Waals surface area contributed by atoms with E-state index in [4.69, 9.17) is 4.74 Å². The number of carbonyl (C=O) groups is 2. The van der Waals surface area contributed by atoms with Crippen molar-refractivity contribution >= 4 is 33.2 Å². The van der Waals surface area contributed by atoms with Gasteiger partial charge < -0.3 is 15.0 Å². The van der Waals surface area contributed by atoms with Gasteiger partial charge in [-0.05, 0) is 33.0 Å². The summed E-state index contributed by atoms with van der Waals surface area (Å²) in [5.41, 5.74) is -0.575. The molecular weight excluding hydrogens is 390 g/mol. The lowest BCUT2D eigenvalue weighted by atomic mass is 9.76. The number of ether oxygens (including phenoxy) is 1. The van der Waals surface area contributed by atoms with Crippen molar-refractivity contribution in [3.63, 3.8) is 0 Å². The van der Waals surface area contributed by atoms with Gasteiger partial charge in [-0.15, -0.1) is 11.3 Å². The van der Waals surface area contributed by atoms with Gasteiger partial charge in [-0.25, -0.2) is 8.42 Å². The van der Waals surface area contributed by atoms with Gasteiger partial charge in [0.2, 0.25) is 10.0 Å². The molecule has 0 saturated carbocycles. The number of sulfonamides is 1. The number of esters is 1. The summed E-state index contributed by atoms with van der Waals surface area (Å²) in [6.07, 6.45) is 1.42. The Labute approximate surface area is 163 Å². The molecule has 1 amide bonds. The largest absolute Gasteiger partial charge is 0.461 e. The zero-order chi connectivity index (χ0) is 19.8. The lowest BCUT2D eigenvalue weighted by Gasteiger charge is -2.35. The number of nitrogens with one attached hydrogen (secondary N) is 1. The number of hydrogen-bond acceptors (Lipinski definition) is 7. The van der Waals surface area contributed by atoms with Gasteiger partial charge in [0.05, 0.1) is 15.2 Å². The fraction of sp³-hybridized carbons (Fsp3) is 0.647. The van der Waals surface area contributed by atoms with E-state index in [-0.39, 0.29) is 36.0 Å². The van der Waals surface area contributed by atoms with Crippen molar-refractivity contribution < 1.29 is 22.7 Å². The summed E-state index contributed by atoms with van der Waals surface area (Å²) in [4.78, 5) is 26.6. The van der Waals surface area contributed by atoms with Crippen molar-refractivity contribution in [2.45, 2.75) is 30.3 Å². The van der Waals surface area contributed by atoms with Crippen molar-refractivity contribution in [1.29, 1.82) is 0 Å². The standard InChI is InChI=1S/C17H25N3O5S2/c1-18-15(21)14-8-13(11-26-14)27(23,24)20-6-4-17(5-7-20)9-12(10-19(2)3)25-16(17)22/h8,11-12H,4-7,9-10H2,1-3H3,(H,18,21). The fourth-order valence-electron chi connectivity index (χ4n) is 3.75. The van der Waals surface area contributed by atoms with Crippen LogP contribution in [-0.2, 0) is 19.6 Å². The molecular formula is C17H25N3O5S2. The lowest BCUT2D eigenvalue weighted by molar-refractivity contribution is -0.150. The number of hydrogen-bond donors (Lipinski definition) is 1. The molecule has 3 heterocycles. The van der Waals surface area contributed by atoms with Crippen molar-refractivity contribution in [2.24, 2.45) is 5.41 Å². The van der Waals surface area contributed by atoms with Crippen LogP contribution in [0.3, 0.4) is 0 Å². The summed E-state index contributed by atoms with van der Waals surface area (Å²) in [5, 5.41) is 3.98. The van der Waals surface area contributed by atoms with Gasteiger partial charge in [0, 0.05) is 38.5 Å². The van der Waals surface area contributed by atoms with Crippen LogP contribution in [0.15, 0.2) is 16.3 Å². The van der Waals surface area contributed by atoms with E-state index in [1.54, 1.807) is 0 Å². The Morgan fingerprint density at radius 2 is 2.07 bits per heavy atom. The van der Waals surface area contributed by atoms with Gasteiger partial charge in [0.25, 0.3) is 5.91 Å². The van der Waals surface area contributed by atoms with Gasteiger partial charge in [-0.2, -0.15) is 4.31 Å². The molecule has 1 spiro atoms. The van der Waals surface area contributed by atoms with E-state index in [0.29, 0.717) is 30.7 Å². The molecule has 1 N–H and O–H groups in total. The number of rotatable bonds is 5. The number of cyclic esters (lactones) is 1. The van der Waals surface area contributed by atoms with Crippen molar-refractivity contribution in [2.75, 3.05) is 40.8 Å². The number of likely N-dealkylation sites (N-methyl/N-ethyl adjacent to an activating group) is 1. The van der Waals surface area contributed by atoms with Crippen LogP contribution >= 0.6 is 11.3 Å². The number of piperidine rings is 1. The van der Waals surface area contributed by atoms with Gasteiger partial charge >= 0.3 is 5.97 Å². The number of nitrogens with zero attached hydrogens (tertiary/aromatic N) is 2. The van der Waals surface area contributed by atoms with E-state index in [1.165, 1.54) is 22.8 Å². The van der Waals surface area contributed by atoms with Crippen LogP contribution in [0.2, 0.25) is 0 Å². The minimum atomic E-state index is -3.68. The highest BCUT2D eigenvalue weighted by Crippen LogP contribution is 2.44. The maximum absolute atomic E-state index is 12.9. The van der Waals surface area contributed by atoms with E-state index < -0.39 is 15.4 Å². The number of carbonyl (C=O) groups excluding carboxylic acids is 2. The molecule has 2 aliphatic rings. The Balaban J connectivity index is 1.69. The van der Waals surface area contributed by atoms with Crippen LogP contribution in [0.4, 0.5) is 0 Å². The second kappa shape index (κ2) is 7.50. The third-order valence-corrected chi connectivity index (χ3v) is 8.19. The van der Waals surface area contributed by atoms with E-state index in [2.05, 4.69) is 5.32 Å². The molecule has 150 valence electrons. The Bertz CT molecular complexity index is 825. The zero-order valence-electron chi connectivity index (χ0n) is 15.7. The first-order chi connectivity index (χ1) is 12.7. The summed E-state index contributed by atoms with van der Waals surface area (Å²) in [6, 6.07) is 1.40. The maximum atomic E-state index is 12.9. The highest BCUT2D eigenvalue weighted by Gasteiger charge is 2.51. The molecule has 2 saturated heterocycles. The van der Waals surface area contributed by atoms with Crippen LogP contribution in [0, 0.1) is 5.41 Å². The van der Waals surface area contributed by atoms with Crippen LogP contribution in [0.5, 0.6) is 0 Å². The first-order valence-corrected chi connectivity index (χ1v) is 11.2. The third kappa shape index (κ3) is 3.89.